The van der Waals surface area contributed by atoms with Gasteiger partial charge >= 0.3 is 0 Å². The second-order valence-electron chi connectivity index (χ2n) is 3.91. The number of amides is 1. The Bertz CT molecular complexity index is 597. The summed E-state index contributed by atoms with van der Waals surface area (Å²) in [5.41, 5.74) is 3.78. The fourth-order valence-electron chi connectivity index (χ4n) is 1.60. The number of aromatic nitrogens is 1. The van der Waals surface area contributed by atoms with Crippen molar-refractivity contribution in [1.29, 1.82) is 0 Å². The van der Waals surface area contributed by atoms with Gasteiger partial charge in [-0.05, 0) is 31.2 Å². The van der Waals surface area contributed by atoms with E-state index in [1.807, 2.05) is 31.2 Å². The van der Waals surface area contributed by atoms with E-state index in [0.717, 1.165) is 11.3 Å². The summed E-state index contributed by atoms with van der Waals surface area (Å²) >= 11 is 0. The quantitative estimate of drug-likeness (QED) is 0.669. The average molecular weight is 269 g/mol. The molecule has 102 valence electrons. The third kappa shape index (κ3) is 3.65. The first-order valence-corrected chi connectivity index (χ1v) is 6.26. The van der Waals surface area contributed by atoms with Crippen LogP contribution in [0.3, 0.4) is 0 Å². The van der Waals surface area contributed by atoms with Gasteiger partial charge in [0, 0.05) is 23.5 Å². The van der Waals surface area contributed by atoms with Crippen molar-refractivity contribution in [2.45, 2.75) is 6.92 Å². The van der Waals surface area contributed by atoms with Crippen molar-refractivity contribution in [3.63, 3.8) is 0 Å². The van der Waals surface area contributed by atoms with Crippen LogP contribution in [0.25, 0.3) is 0 Å². The summed E-state index contributed by atoms with van der Waals surface area (Å²) in [5.74, 6) is 0.453. The zero-order chi connectivity index (χ0) is 14.2. The number of ether oxygens (including phenoxy) is 1. The van der Waals surface area contributed by atoms with Gasteiger partial charge in [-0.15, -0.1) is 0 Å². The molecule has 0 saturated heterocycles. The molecule has 2 aromatic rings. The highest BCUT2D eigenvalue weighted by molar-refractivity contribution is 5.94. The van der Waals surface area contributed by atoms with Gasteiger partial charge in [0.15, 0.2) is 0 Å². The fourth-order valence-corrected chi connectivity index (χ4v) is 1.60. The van der Waals surface area contributed by atoms with Gasteiger partial charge in [-0.3, -0.25) is 9.78 Å². The number of nitrogens with one attached hydrogen (secondary N) is 1. The van der Waals surface area contributed by atoms with Crippen molar-refractivity contribution in [2.24, 2.45) is 5.10 Å². The number of para-hydroxylation sites is 1. The van der Waals surface area contributed by atoms with E-state index in [0.29, 0.717) is 12.2 Å². The van der Waals surface area contributed by atoms with E-state index in [2.05, 4.69) is 15.5 Å². The number of hydrogen-bond donors (Lipinski definition) is 1. The van der Waals surface area contributed by atoms with Crippen LogP contribution in [0.4, 0.5) is 0 Å². The SMILES string of the molecule is CCOc1ccccc1/C=N/NC(=O)c1ccncc1. The third-order valence-corrected chi connectivity index (χ3v) is 2.53. The Morgan fingerprint density at radius 2 is 2.05 bits per heavy atom. The number of hydrogen-bond acceptors (Lipinski definition) is 4. The van der Waals surface area contributed by atoms with Crippen LogP contribution < -0.4 is 10.2 Å². The molecule has 20 heavy (non-hydrogen) atoms. The molecule has 0 spiro atoms. The van der Waals surface area contributed by atoms with Crippen molar-refractivity contribution in [2.75, 3.05) is 6.61 Å². The lowest BCUT2D eigenvalue weighted by molar-refractivity contribution is 0.0955. The normalized spacial score (nSPS) is 10.4. The van der Waals surface area contributed by atoms with Gasteiger partial charge in [-0.1, -0.05) is 12.1 Å². The van der Waals surface area contributed by atoms with Gasteiger partial charge in [0.2, 0.25) is 0 Å². The van der Waals surface area contributed by atoms with Crippen LogP contribution in [0.1, 0.15) is 22.8 Å². The highest BCUT2D eigenvalue weighted by Crippen LogP contribution is 2.15. The molecule has 0 fully saturated rings. The molecule has 1 N–H and O–H groups in total. The zero-order valence-electron chi connectivity index (χ0n) is 11.1. The van der Waals surface area contributed by atoms with E-state index in [1.165, 1.54) is 0 Å². The maximum atomic E-state index is 11.8. The molecule has 1 aromatic carbocycles. The van der Waals surface area contributed by atoms with E-state index < -0.39 is 0 Å². The van der Waals surface area contributed by atoms with Gasteiger partial charge in [0.25, 0.3) is 5.91 Å². The lowest BCUT2D eigenvalue weighted by Gasteiger charge is -2.05. The molecule has 5 heteroatoms. The average Bonchev–Trinajstić information content (AvgIpc) is 2.50. The maximum absolute atomic E-state index is 11.8. The summed E-state index contributed by atoms with van der Waals surface area (Å²) in [5, 5.41) is 3.94. The molecular weight excluding hydrogens is 254 g/mol. The molecule has 1 amide bonds. The predicted molar refractivity (Wildman–Crippen MR) is 76.9 cm³/mol. The van der Waals surface area contributed by atoms with Crippen LogP contribution in [0.15, 0.2) is 53.9 Å². The Morgan fingerprint density at radius 3 is 2.80 bits per heavy atom. The minimum absolute atomic E-state index is 0.280. The predicted octanol–water partition coefficient (Wildman–Crippen LogP) is 2.24. The van der Waals surface area contributed by atoms with E-state index in [4.69, 9.17) is 4.74 Å². The first-order chi connectivity index (χ1) is 9.81. The van der Waals surface area contributed by atoms with Crippen molar-refractivity contribution in [1.82, 2.24) is 10.4 Å². The molecular formula is C15H15N3O2. The van der Waals surface area contributed by atoms with E-state index in [-0.39, 0.29) is 5.91 Å². The molecule has 0 aliphatic rings. The van der Waals surface area contributed by atoms with Gasteiger partial charge in [-0.2, -0.15) is 5.10 Å². The zero-order valence-corrected chi connectivity index (χ0v) is 11.1. The number of carbonyl (C=O) groups excluding carboxylic acids is 1. The summed E-state index contributed by atoms with van der Waals surface area (Å²) in [6.45, 7) is 2.49. The lowest BCUT2D eigenvalue weighted by atomic mass is 10.2. The highest BCUT2D eigenvalue weighted by Gasteiger charge is 2.03. The summed E-state index contributed by atoms with van der Waals surface area (Å²) in [6.07, 6.45) is 4.68. The van der Waals surface area contributed by atoms with Crippen molar-refractivity contribution in [3.8, 4) is 5.75 Å². The van der Waals surface area contributed by atoms with Crippen molar-refractivity contribution in [3.05, 3.63) is 59.9 Å². The smallest absolute Gasteiger partial charge is 0.271 e. The van der Waals surface area contributed by atoms with Crippen LogP contribution >= 0.6 is 0 Å². The Kier molecular flexibility index (Phi) is 4.83. The molecule has 0 unspecified atom stereocenters. The van der Waals surface area contributed by atoms with Crippen molar-refractivity contribution < 1.29 is 9.53 Å². The lowest BCUT2D eigenvalue weighted by Crippen LogP contribution is -2.17. The minimum Gasteiger partial charge on any atom is -0.493 e. The van der Waals surface area contributed by atoms with Crippen molar-refractivity contribution >= 4 is 12.1 Å². The topological polar surface area (TPSA) is 63.6 Å². The molecule has 5 nitrogen and oxygen atoms in total. The monoisotopic (exact) mass is 269 g/mol. The van der Waals surface area contributed by atoms with Crippen LogP contribution in [0.5, 0.6) is 5.75 Å². The van der Waals surface area contributed by atoms with E-state index in [1.54, 1.807) is 30.7 Å². The van der Waals surface area contributed by atoms with E-state index in [9.17, 15) is 4.79 Å². The molecule has 0 aliphatic carbocycles. The maximum Gasteiger partial charge on any atom is 0.271 e. The fraction of sp³-hybridized carbons (Fsp3) is 0.133. The molecule has 1 aromatic heterocycles. The van der Waals surface area contributed by atoms with Gasteiger partial charge in [-0.25, -0.2) is 5.43 Å². The molecule has 0 radical (unpaired) electrons. The highest BCUT2D eigenvalue weighted by atomic mass is 16.5. The second kappa shape index (κ2) is 7.04. The summed E-state index contributed by atoms with van der Waals surface area (Å²) in [7, 11) is 0. The number of pyridine rings is 1. The van der Waals surface area contributed by atoms with E-state index >= 15 is 0 Å². The molecule has 2 rings (SSSR count). The Hall–Kier alpha value is -2.69. The molecule has 0 bridgehead atoms. The first-order valence-electron chi connectivity index (χ1n) is 6.26. The number of benzene rings is 1. The Morgan fingerprint density at radius 1 is 1.30 bits per heavy atom. The summed E-state index contributed by atoms with van der Waals surface area (Å²) in [4.78, 5) is 15.6. The van der Waals surface area contributed by atoms with Gasteiger partial charge in [0.05, 0.1) is 12.8 Å². The number of rotatable bonds is 5. The van der Waals surface area contributed by atoms with Gasteiger partial charge < -0.3 is 4.74 Å². The minimum atomic E-state index is -0.280. The number of hydrazone groups is 1. The van der Waals surface area contributed by atoms with Crippen LogP contribution in [-0.4, -0.2) is 23.7 Å². The molecule has 0 saturated carbocycles. The van der Waals surface area contributed by atoms with Gasteiger partial charge in [0.1, 0.15) is 5.75 Å². The number of carbonyl (C=O) groups is 1. The first kappa shape index (κ1) is 13.7. The standard InChI is InChI=1S/C15H15N3O2/c1-2-20-14-6-4-3-5-13(14)11-17-18-15(19)12-7-9-16-10-8-12/h3-11H,2H2,1H3,(H,18,19)/b17-11+. The van der Waals surface area contributed by atoms with Crippen LogP contribution in [0.2, 0.25) is 0 Å². The summed E-state index contributed by atoms with van der Waals surface area (Å²) in [6, 6.07) is 10.7. The van der Waals surface area contributed by atoms with Crippen LogP contribution in [-0.2, 0) is 0 Å². The summed E-state index contributed by atoms with van der Waals surface area (Å²) < 4.78 is 5.47. The Labute approximate surface area is 117 Å². The third-order valence-electron chi connectivity index (χ3n) is 2.53. The second-order valence-corrected chi connectivity index (χ2v) is 3.91. The van der Waals surface area contributed by atoms with Crippen LogP contribution in [0, 0.1) is 0 Å². The molecule has 0 aliphatic heterocycles. The Balaban J connectivity index is 2.02. The molecule has 0 atom stereocenters. The molecule has 1 heterocycles. The number of nitrogens with zero attached hydrogens (tertiary/aromatic N) is 2. The largest absolute Gasteiger partial charge is 0.493 e.